The Hall–Kier alpha value is -2.69. The molecule has 0 aromatic heterocycles. The molecule has 0 N–H and O–H groups in total. The molecule has 0 bridgehead atoms. The van der Waals surface area contributed by atoms with E-state index in [1.807, 2.05) is 11.3 Å². The second kappa shape index (κ2) is 8.99. The van der Waals surface area contributed by atoms with Gasteiger partial charge in [-0.1, -0.05) is 44.7 Å². The molecule has 2 unspecified atom stereocenters. The van der Waals surface area contributed by atoms with Gasteiger partial charge < -0.3 is 14.7 Å². The van der Waals surface area contributed by atoms with Gasteiger partial charge in [-0.3, -0.25) is 0 Å². The molecule has 4 rings (SSSR count). The van der Waals surface area contributed by atoms with E-state index in [0.717, 1.165) is 51.3 Å². The molecule has 1 saturated heterocycles. The predicted octanol–water partition coefficient (Wildman–Crippen LogP) is 4.41. The minimum atomic E-state index is 0.303. The molecule has 1 fully saturated rings. The fraction of sp³-hybridized carbons (Fsp3) is 0.480. The average molecular weight is 406 g/mol. The van der Waals surface area contributed by atoms with Gasteiger partial charge in [0.25, 0.3) is 0 Å². The molecule has 1 aromatic rings. The van der Waals surface area contributed by atoms with Crippen molar-refractivity contribution in [2.75, 3.05) is 31.1 Å². The summed E-state index contributed by atoms with van der Waals surface area (Å²) in [4.78, 5) is 7.22. The first-order chi connectivity index (χ1) is 14.6. The van der Waals surface area contributed by atoms with Gasteiger partial charge in [-0.2, -0.15) is 5.10 Å². The molecule has 0 spiro atoms. The molecule has 160 valence electrons. The molecule has 5 heteroatoms. The van der Waals surface area contributed by atoms with Crippen LogP contribution >= 0.6 is 0 Å². The van der Waals surface area contributed by atoms with Crippen LogP contribution in [-0.2, 0) is 6.42 Å². The van der Waals surface area contributed by atoms with Gasteiger partial charge in [0.05, 0.1) is 12.1 Å². The van der Waals surface area contributed by atoms with Gasteiger partial charge in [-0.15, -0.1) is 0 Å². The van der Waals surface area contributed by atoms with Crippen LogP contribution in [0.3, 0.4) is 0 Å². The second-order valence-electron chi connectivity index (χ2n) is 8.44. The number of allylic oxidation sites excluding steroid dienone is 1. The van der Waals surface area contributed by atoms with Gasteiger partial charge in [0.2, 0.25) is 0 Å². The Morgan fingerprint density at radius 3 is 2.37 bits per heavy atom. The van der Waals surface area contributed by atoms with Crippen LogP contribution in [0.2, 0.25) is 0 Å². The van der Waals surface area contributed by atoms with Crippen LogP contribution in [0.4, 0.5) is 5.69 Å². The molecule has 0 amide bonds. The second-order valence-corrected chi connectivity index (χ2v) is 8.44. The summed E-state index contributed by atoms with van der Waals surface area (Å²) in [5.41, 5.74) is 4.10. The van der Waals surface area contributed by atoms with E-state index < -0.39 is 0 Å². The Labute approximate surface area is 181 Å². The lowest BCUT2D eigenvalue weighted by Crippen LogP contribution is -2.46. The zero-order valence-electron chi connectivity index (χ0n) is 18.7. The lowest BCUT2D eigenvalue weighted by atomic mass is 10.0. The molecule has 1 aromatic carbocycles. The molecular weight excluding hydrogens is 370 g/mol. The lowest BCUT2D eigenvalue weighted by molar-refractivity contribution is 0.238. The first-order valence-electron chi connectivity index (χ1n) is 11.4. The number of hydrogen-bond acceptors (Lipinski definition) is 5. The van der Waals surface area contributed by atoms with Crippen molar-refractivity contribution in [1.29, 1.82) is 0 Å². The van der Waals surface area contributed by atoms with E-state index in [1.54, 1.807) is 0 Å². The van der Waals surface area contributed by atoms with Crippen molar-refractivity contribution >= 4 is 12.0 Å². The van der Waals surface area contributed by atoms with E-state index in [4.69, 9.17) is 0 Å². The lowest BCUT2D eigenvalue weighted by Gasteiger charge is -2.39. The van der Waals surface area contributed by atoms with E-state index in [0.29, 0.717) is 12.1 Å². The molecule has 0 radical (unpaired) electrons. The number of hydrazone groups is 1. The number of hydrogen-bond donors (Lipinski definition) is 0. The van der Waals surface area contributed by atoms with Crippen molar-refractivity contribution < 1.29 is 0 Å². The van der Waals surface area contributed by atoms with Crippen molar-refractivity contribution in [3.63, 3.8) is 0 Å². The SMILES string of the molecule is C=C1N(C2C=CC(N3CCN(c4ccc(CC)cc4)CC3)=CC2)C=NN1C(C)CC. The first-order valence-corrected chi connectivity index (χ1v) is 11.4. The Kier molecular flexibility index (Phi) is 6.16. The number of nitrogens with zero attached hydrogens (tertiary/aromatic N) is 5. The van der Waals surface area contributed by atoms with Crippen molar-refractivity contribution in [2.45, 2.75) is 52.1 Å². The summed E-state index contributed by atoms with van der Waals surface area (Å²) in [5.74, 6) is 0.985. The van der Waals surface area contributed by atoms with Crippen molar-refractivity contribution in [3.05, 3.63) is 66.2 Å². The van der Waals surface area contributed by atoms with Crippen molar-refractivity contribution in [2.24, 2.45) is 5.10 Å². The fourth-order valence-corrected chi connectivity index (χ4v) is 4.38. The minimum absolute atomic E-state index is 0.303. The van der Waals surface area contributed by atoms with Gasteiger partial charge in [-0.05, 0) is 50.0 Å². The summed E-state index contributed by atoms with van der Waals surface area (Å²) in [7, 11) is 0. The third-order valence-corrected chi connectivity index (χ3v) is 6.64. The highest BCUT2D eigenvalue weighted by atomic mass is 15.6. The molecular formula is C25H35N5. The summed E-state index contributed by atoms with van der Waals surface area (Å²) in [6.45, 7) is 15.1. The normalized spacial score (nSPS) is 22.7. The number of rotatable bonds is 6. The highest BCUT2D eigenvalue weighted by Gasteiger charge is 2.28. The quantitative estimate of drug-likeness (QED) is 0.700. The summed E-state index contributed by atoms with van der Waals surface area (Å²) in [5, 5.41) is 6.61. The van der Waals surface area contributed by atoms with E-state index in [2.05, 4.69) is 89.6 Å². The number of aryl methyl sites for hydroxylation is 1. The Morgan fingerprint density at radius 2 is 1.77 bits per heavy atom. The molecule has 3 aliphatic rings. The predicted molar refractivity (Wildman–Crippen MR) is 126 cm³/mol. The maximum absolute atomic E-state index is 4.57. The van der Waals surface area contributed by atoms with Crippen LogP contribution in [0.5, 0.6) is 0 Å². The topological polar surface area (TPSA) is 25.3 Å². The van der Waals surface area contributed by atoms with Gasteiger partial charge >= 0.3 is 0 Å². The number of benzene rings is 1. The fourth-order valence-electron chi connectivity index (χ4n) is 4.38. The molecule has 2 aliphatic heterocycles. The summed E-state index contributed by atoms with van der Waals surface area (Å²) in [6, 6.07) is 9.74. The Balaban J connectivity index is 1.30. The largest absolute Gasteiger partial charge is 0.368 e. The monoisotopic (exact) mass is 405 g/mol. The van der Waals surface area contributed by atoms with Crippen LogP contribution in [0.1, 0.15) is 39.2 Å². The van der Waals surface area contributed by atoms with Gasteiger partial charge in [0.1, 0.15) is 12.2 Å². The standard InChI is InChI=1S/C25H35N5/c1-5-20(3)30-21(4)29(19-26-30)25-13-11-24(12-14-25)28-17-15-27(16-18-28)23-9-7-22(6-2)8-10-23/h7-13,19-20,25H,4-6,14-18H2,1-3H3. The molecule has 5 nitrogen and oxygen atoms in total. The maximum Gasteiger partial charge on any atom is 0.124 e. The summed E-state index contributed by atoms with van der Waals surface area (Å²) >= 11 is 0. The van der Waals surface area contributed by atoms with Crippen LogP contribution in [0, 0.1) is 0 Å². The average Bonchev–Trinajstić information content (AvgIpc) is 3.20. The molecule has 1 aliphatic carbocycles. The molecule has 30 heavy (non-hydrogen) atoms. The first kappa shape index (κ1) is 20.6. The van der Waals surface area contributed by atoms with E-state index in [-0.39, 0.29) is 0 Å². The molecule has 0 saturated carbocycles. The maximum atomic E-state index is 4.57. The zero-order valence-corrected chi connectivity index (χ0v) is 18.7. The van der Waals surface area contributed by atoms with Gasteiger partial charge in [-0.25, -0.2) is 5.01 Å². The van der Waals surface area contributed by atoms with Crippen LogP contribution in [0.25, 0.3) is 0 Å². The highest BCUT2D eigenvalue weighted by Crippen LogP contribution is 2.27. The third-order valence-electron chi connectivity index (χ3n) is 6.64. The summed E-state index contributed by atoms with van der Waals surface area (Å²) < 4.78 is 0. The minimum Gasteiger partial charge on any atom is -0.368 e. The van der Waals surface area contributed by atoms with E-state index >= 15 is 0 Å². The molecule has 2 heterocycles. The van der Waals surface area contributed by atoms with E-state index in [1.165, 1.54) is 16.9 Å². The summed E-state index contributed by atoms with van der Waals surface area (Å²) in [6.07, 6.45) is 12.1. The van der Waals surface area contributed by atoms with Gasteiger partial charge in [0, 0.05) is 37.6 Å². The van der Waals surface area contributed by atoms with Crippen molar-refractivity contribution in [1.82, 2.24) is 14.8 Å². The van der Waals surface area contributed by atoms with Crippen LogP contribution in [-0.4, -0.2) is 59.4 Å². The molecule has 2 atom stereocenters. The van der Waals surface area contributed by atoms with Crippen molar-refractivity contribution in [3.8, 4) is 0 Å². The highest BCUT2D eigenvalue weighted by molar-refractivity contribution is 5.62. The third kappa shape index (κ3) is 4.11. The zero-order chi connectivity index (χ0) is 21.1. The number of anilines is 1. The van der Waals surface area contributed by atoms with Crippen LogP contribution < -0.4 is 4.90 Å². The van der Waals surface area contributed by atoms with E-state index in [9.17, 15) is 0 Å². The Morgan fingerprint density at radius 1 is 1.07 bits per heavy atom. The van der Waals surface area contributed by atoms with Crippen LogP contribution in [0.15, 0.2) is 65.7 Å². The van der Waals surface area contributed by atoms with Gasteiger partial charge in [0.15, 0.2) is 0 Å². The number of piperazine rings is 1. The Bertz CT molecular complexity index is 830. The smallest absolute Gasteiger partial charge is 0.124 e.